The van der Waals surface area contributed by atoms with Crippen LogP contribution in [0.2, 0.25) is 0 Å². The van der Waals surface area contributed by atoms with Crippen LogP contribution in [0.5, 0.6) is 5.75 Å². The predicted octanol–water partition coefficient (Wildman–Crippen LogP) is 5.15. The molecular weight excluding hydrogens is 513 g/mol. The van der Waals surface area contributed by atoms with Gasteiger partial charge in [-0.3, -0.25) is 9.59 Å². The number of carbonyl (C=O) groups excluding carboxylic acids is 2. The number of imidazole rings is 1. The molecule has 11 heteroatoms. The highest BCUT2D eigenvalue weighted by Gasteiger charge is 2.30. The van der Waals surface area contributed by atoms with Gasteiger partial charge in [-0.25, -0.2) is 4.98 Å². The number of hydrogen-bond donors (Lipinski definition) is 2. The zero-order valence-corrected chi connectivity index (χ0v) is 20.9. The summed E-state index contributed by atoms with van der Waals surface area (Å²) in [5, 5.41) is 5.36. The Bertz CT molecular complexity index is 1440. The second-order valence-electron chi connectivity index (χ2n) is 8.43. The molecule has 0 bridgehead atoms. The van der Waals surface area contributed by atoms with Crippen LogP contribution in [0.25, 0.3) is 17.4 Å². The average molecular weight is 539 g/mol. The van der Waals surface area contributed by atoms with Gasteiger partial charge in [0.2, 0.25) is 0 Å². The highest BCUT2D eigenvalue weighted by Crippen LogP contribution is 2.32. The first kappa shape index (κ1) is 27.2. The molecule has 39 heavy (non-hydrogen) atoms. The summed E-state index contributed by atoms with van der Waals surface area (Å²) < 4.78 is 52.1. The lowest BCUT2D eigenvalue weighted by atomic mass is 10.1. The molecule has 4 rings (SSSR count). The molecule has 2 N–H and O–H groups in total. The van der Waals surface area contributed by atoms with Gasteiger partial charge >= 0.3 is 6.18 Å². The molecule has 0 aliphatic heterocycles. The number of aromatic nitrogens is 2. The summed E-state index contributed by atoms with van der Waals surface area (Å²) in [6, 6.07) is 14.0. The second kappa shape index (κ2) is 12.2. The van der Waals surface area contributed by atoms with Gasteiger partial charge in [0.15, 0.2) is 0 Å². The van der Waals surface area contributed by atoms with Gasteiger partial charge in [0.25, 0.3) is 11.8 Å². The molecule has 2 aromatic carbocycles. The van der Waals surface area contributed by atoms with E-state index in [9.17, 15) is 22.8 Å². The first-order valence-corrected chi connectivity index (χ1v) is 11.9. The fourth-order valence-corrected chi connectivity index (χ4v) is 3.65. The third-order valence-electron chi connectivity index (χ3n) is 5.67. The number of nitrogens with zero attached hydrogens (tertiary/aromatic N) is 2. The summed E-state index contributed by atoms with van der Waals surface area (Å²) in [5.41, 5.74) is -0.393. The normalized spacial score (nSPS) is 11.7. The fourth-order valence-electron chi connectivity index (χ4n) is 3.65. The van der Waals surface area contributed by atoms with Crippen LogP contribution in [0, 0.1) is 0 Å². The Labute approximate surface area is 222 Å². The van der Waals surface area contributed by atoms with Gasteiger partial charge in [0.1, 0.15) is 23.0 Å². The smallest absolute Gasteiger partial charge is 0.416 e. The van der Waals surface area contributed by atoms with E-state index in [0.717, 1.165) is 12.1 Å². The summed E-state index contributed by atoms with van der Waals surface area (Å²) in [7, 11) is 1.50. The standard InChI is InChI=1S/C28H25F3N4O4/c1-38-22-8-6-19(7-9-22)26(36)34-24(27(37)33-12-3-14-35-15-13-32-18-35)17-23-10-11-25(39-23)20-4-2-5-21(16-20)28(29,30)31/h2,4-11,13,15-18H,3,12,14H2,1H3,(H,33,37)(H,34,36)/b24-17-. The van der Waals surface area contributed by atoms with Crippen molar-refractivity contribution >= 4 is 17.9 Å². The van der Waals surface area contributed by atoms with Gasteiger partial charge < -0.3 is 24.4 Å². The van der Waals surface area contributed by atoms with E-state index in [-0.39, 0.29) is 22.8 Å². The fraction of sp³-hybridized carbons (Fsp3) is 0.179. The number of amides is 2. The quantitative estimate of drug-likeness (QED) is 0.215. The SMILES string of the molecule is COc1ccc(C(=O)N/C(=C\c2ccc(-c3cccc(C(F)(F)F)c3)o2)C(=O)NCCCn2ccnc2)cc1. The molecule has 0 atom stereocenters. The van der Waals surface area contributed by atoms with E-state index in [0.29, 0.717) is 30.8 Å². The number of methoxy groups -OCH3 is 1. The summed E-state index contributed by atoms with van der Waals surface area (Å²) in [6.07, 6.45) is 2.57. The molecule has 8 nitrogen and oxygen atoms in total. The summed E-state index contributed by atoms with van der Waals surface area (Å²) in [6.45, 7) is 0.955. The van der Waals surface area contributed by atoms with Crippen LogP contribution in [0.15, 0.2) is 89.5 Å². The molecule has 0 saturated carbocycles. The number of rotatable bonds is 10. The molecule has 2 amide bonds. The lowest BCUT2D eigenvalue weighted by molar-refractivity contribution is -0.137. The number of ether oxygens (including phenoxy) is 1. The van der Waals surface area contributed by atoms with E-state index in [1.165, 1.54) is 37.5 Å². The van der Waals surface area contributed by atoms with Crippen molar-refractivity contribution in [3.63, 3.8) is 0 Å². The maximum absolute atomic E-state index is 13.1. The Hall–Kier alpha value is -4.80. The van der Waals surface area contributed by atoms with Gasteiger partial charge in [-0.1, -0.05) is 12.1 Å². The average Bonchev–Trinajstić information content (AvgIpc) is 3.63. The molecular formula is C28H25F3N4O4. The van der Waals surface area contributed by atoms with Crippen molar-refractivity contribution in [3.8, 4) is 17.1 Å². The number of aryl methyl sites for hydroxylation is 1. The zero-order valence-electron chi connectivity index (χ0n) is 20.9. The number of furan rings is 1. The molecule has 0 fully saturated rings. The molecule has 0 spiro atoms. The van der Waals surface area contributed by atoms with Crippen molar-refractivity contribution in [2.24, 2.45) is 0 Å². The largest absolute Gasteiger partial charge is 0.497 e. The third kappa shape index (κ3) is 7.37. The molecule has 0 aliphatic carbocycles. The summed E-state index contributed by atoms with van der Waals surface area (Å²) >= 11 is 0. The van der Waals surface area contributed by atoms with Gasteiger partial charge in [0.05, 0.1) is 19.0 Å². The van der Waals surface area contributed by atoms with Crippen LogP contribution in [-0.2, 0) is 17.5 Å². The lowest BCUT2D eigenvalue weighted by Crippen LogP contribution is -2.35. The molecule has 0 unspecified atom stereocenters. The molecule has 0 radical (unpaired) electrons. The van der Waals surface area contributed by atoms with Crippen molar-refractivity contribution in [1.82, 2.24) is 20.2 Å². The van der Waals surface area contributed by atoms with Crippen LogP contribution in [-0.4, -0.2) is 35.0 Å². The number of alkyl halides is 3. The topological polar surface area (TPSA) is 98.4 Å². The minimum Gasteiger partial charge on any atom is -0.497 e. The first-order valence-electron chi connectivity index (χ1n) is 11.9. The van der Waals surface area contributed by atoms with E-state index in [1.807, 2.05) is 4.57 Å². The highest BCUT2D eigenvalue weighted by molar-refractivity contribution is 6.05. The first-order chi connectivity index (χ1) is 18.7. The van der Waals surface area contributed by atoms with E-state index >= 15 is 0 Å². The monoisotopic (exact) mass is 538 g/mol. The van der Waals surface area contributed by atoms with E-state index in [2.05, 4.69) is 15.6 Å². The van der Waals surface area contributed by atoms with Crippen molar-refractivity contribution < 1.29 is 31.9 Å². The Kier molecular flexibility index (Phi) is 8.50. The van der Waals surface area contributed by atoms with Crippen molar-refractivity contribution in [1.29, 1.82) is 0 Å². The van der Waals surface area contributed by atoms with Crippen LogP contribution in [0.1, 0.15) is 28.1 Å². The molecule has 0 aliphatic rings. The van der Waals surface area contributed by atoms with Crippen LogP contribution < -0.4 is 15.4 Å². The van der Waals surface area contributed by atoms with E-state index in [4.69, 9.17) is 9.15 Å². The molecule has 202 valence electrons. The second-order valence-corrected chi connectivity index (χ2v) is 8.43. The van der Waals surface area contributed by atoms with Gasteiger partial charge in [-0.05, 0) is 55.0 Å². The maximum atomic E-state index is 13.1. The molecule has 2 aromatic heterocycles. The van der Waals surface area contributed by atoms with Crippen molar-refractivity contribution in [2.75, 3.05) is 13.7 Å². The Morgan fingerprint density at radius 3 is 2.59 bits per heavy atom. The Balaban J connectivity index is 1.53. The summed E-state index contributed by atoms with van der Waals surface area (Å²) in [4.78, 5) is 29.8. The van der Waals surface area contributed by atoms with E-state index in [1.54, 1.807) is 43.0 Å². The number of hydrogen-bond acceptors (Lipinski definition) is 5. The Morgan fingerprint density at radius 1 is 1.10 bits per heavy atom. The number of nitrogens with one attached hydrogen (secondary N) is 2. The third-order valence-corrected chi connectivity index (χ3v) is 5.67. The minimum atomic E-state index is -4.50. The number of halogens is 3. The maximum Gasteiger partial charge on any atom is 0.416 e. The van der Waals surface area contributed by atoms with Gasteiger partial charge in [-0.2, -0.15) is 13.2 Å². The van der Waals surface area contributed by atoms with Crippen molar-refractivity contribution in [3.05, 3.63) is 102 Å². The minimum absolute atomic E-state index is 0.0941. The van der Waals surface area contributed by atoms with Crippen LogP contribution in [0.3, 0.4) is 0 Å². The summed E-state index contributed by atoms with van der Waals surface area (Å²) in [5.74, 6) is -0.188. The number of carbonyl (C=O) groups is 2. The molecule has 0 saturated heterocycles. The van der Waals surface area contributed by atoms with Crippen molar-refractivity contribution in [2.45, 2.75) is 19.1 Å². The van der Waals surface area contributed by atoms with Crippen LogP contribution >= 0.6 is 0 Å². The molecule has 2 heterocycles. The number of benzene rings is 2. The van der Waals surface area contributed by atoms with E-state index < -0.39 is 23.6 Å². The zero-order chi connectivity index (χ0) is 27.8. The van der Waals surface area contributed by atoms with Gasteiger partial charge in [0, 0.05) is 42.7 Å². The molecule has 4 aromatic rings. The highest BCUT2D eigenvalue weighted by atomic mass is 19.4. The van der Waals surface area contributed by atoms with Crippen LogP contribution in [0.4, 0.5) is 13.2 Å². The predicted molar refractivity (Wildman–Crippen MR) is 137 cm³/mol. The lowest BCUT2D eigenvalue weighted by Gasteiger charge is -2.11. The van der Waals surface area contributed by atoms with Gasteiger partial charge in [-0.15, -0.1) is 0 Å². The Morgan fingerprint density at radius 2 is 1.90 bits per heavy atom.